The standard InChI is InChI=1S/C17H19NO3/c1-11-4-6-13(7-5-11)12(2)18-15-10-14(17(19)20)8-9-16(15)21-3/h4-10,12,18H,1-3H3,(H,19,20). The van der Waals surface area contributed by atoms with Crippen molar-refractivity contribution in [2.24, 2.45) is 0 Å². The Morgan fingerprint density at radius 3 is 2.43 bits per heavy atom. The third kappa shape index (κ3) is 3.54. The van der Waals surface area contributed by atoms with Crippen molar-refractivity contribution < 1.29 is 14.6 Å². The number of ether oxygens (including phenoxy) is 1. The van der Waals surface area contributed by atoms with Crippen LogP contribution in [-0.2, 0) is 0 Å². The number of carboxylic acid groups (broad SMARTS) is 1. The van der Waals surface area contributed by atoms with E-state index in [9.17, 15) is 4.79 Å². The highest BCUT2D eigenvalue weighted by atomic mass is 16.5. The molecule has 2 aromatic carbocycles. The minimum Gasteiger partial charge on any atom is -0.495 e. The highest BCUT2D eigenvalue weighted by Crippen LogP contribution is 2.29. The fourth-order valence-electron chi connectivity index (χ4n) is 2.13. The van der Waals surface area contributed by atoms with Crippen LogP contribution in [0.5, 0.6) is 5.75 Å². The van der Waals surface area contributed by atoms with Crippen molar-refractivity contribution in [1.82, 2.24) is 0 Å². The normalized spacial score (nSPS) is 11.8. The zero-order valence-electron chi connectivity index (χ0n) is 12.4. The predicted octanol–water partition coefficient (Wildman–Crippen LogP) is 3.87. The lowest BCUT2D eigenvalue weighted by Gasteiger charge is -2.18. The summed E-state index contributed by atoms with van der Waals surface area (Å²) >= 11 is 0. The van der Waals surface area contributed by atoms with Crippen LogP contribution in [0.4, 0.5) is 5.69 Å². The van der Waals surface area contributed by atoms with Gasteiger partial charge in [0.15, 0.2) is 0 Å². The Bertz CT molecular complexity index is 635. The van der Waals surface area contributed by atoms with Crippen LogP contribution < -0.4 is 10.1 Å². The minimum absolute atomic E-state index is 0.0449. The summed E-state index contributed by atoms with van der Waals surface area (Å²) in [4.78, 5) is 11.1. The second-order valence-electron chi connectivity index (χ2n) is 5.00. The molecule has 21 heavy (non-hydrogen) atoms. The molecule has 4 heteroatoms. The van der Waals surface area contributed by atoms with Crippen LogP contribution in [-0.4, -0.2) is 18.2 Å². The molecule has 0 amide bonds. The van der Waals surface area contributed by atoms with E-state index in [-0.39, 0.29) is 11.6 Å². The van der Waals surface area contributed by atoms with Gasteiger partial charge in [-0.2, -0.15) is 0 Å². The van der Waals surface area contributed by atoms with Gasteiger partial charge in [-0.05, 0) is 37.6 Å². The van der Waals surface area contributed by atoms with Gasteiger partial charge in [0.05, 0.1) is 18.4 Å². The summed E-state index contributed by atoms with van der Waals surface area (Å²) in [6, 6.07) is 13.0. The van der Waals surface area contributed by atoms with Crippen molar-refractivity contribution in [2.75, 3.05) is 12.4 Å². The van der Waals surface area contributed by atoms with Crippen molar-refractivity contribution in [2.45, 2.75) is 19.9 Å². The van der Waals surface area contributed by atoms with Gasteiger partial charge >= 0.3 is 5.97 Å². The molecular formula is C17H19NO3. The highest BCUT2D eigenvalue weighted by Gasteiger charge is 2.12. The van der Waals surface area contributed by atoms with E-state index in [0.29, 0.717) is 11.4 Å². The topological polar surface area (TPSA) is 58.6 Å². The van der Waals surface area contributed by atoms with E-state index in [2.05, 4.69) is 29.6 Å². The molecule has 1 atom stereocenters. The third-order valence-corrected chi connectivity index (χ3v) is 3.40. The Labute approximate surface area is 124 Å². The lowest BCUT2D eigenvalue weighted by Crippen LogP contribution is -2.09. The largest absolute Gasteiger partial charge is 0.495 e. The van der Waals surface area contributed by atoms with Crippen molar-refractivity contribution in [3.63, 3.8) is 0 Å². The molecule has 0 aliphatic heterocycles. The van der Waals surface area contributed by atoms with E-state index in [1.165, 1.54) is 11.6 Å². The van der Waals surface area contributed by atoms with Gasteiger partial charge in [-0.3, -0.25) is 0 Å². The second-order valence-corrected chi connectivity index (χ2v) is 5.00. The molecular weight excluding hydrogens is 266 g/mol. The number of methoxy groups -OCH3 is 1. The minimum atomic E-state index is -0.955. The molecule has 0 saturated heterocycles. The second kappa shape index (κ2) is 6.31. The van der Waals surface area contributed by atoms with Crippen LogP contribution in [0.25, 0.3) is 0 Å². The van der Waals surface area contributed by atoms with Gasteiger partial charge in [0.25, 0.3) is 0 Å². The molecule has 0 saturated carbocycles. The Morgan fingerprint density at radius 1 is 1.19 bits per heavy atom. The molecule has 2 aromatic rings. The number of benzene rings is 2. The quantitative estimate of drug-likeness (QED) is 0.875. The van der Waals surface area contributed by atoms with E-state index in [4.69, 9.17) is 9.84 Å². The van der Waals surface area contributed by atoms with Gasteiger partial charge in [-0.15, -0.1) is 0 Å². The van der Waals surface area contributed by atoms with Gasteiger partial charge in [0, 0.05) is 6.04 Å². The molecule has 1 unspecified atom stereocenters. The number of aryl methyl sites for hydroxylation is 1. The Morgan fingerprint density at radius 2 is 1.86 bits per heavy atom. The van der Waals surface area contributed by atoms with Gasteiger partial charge in [0.1, 0.15) is 5.75 Å². The first-order chi connectivity index (χ1) is 10.0. The summed E-state index contributed by atoms with van der Waals surface area (Å²) in [5.41, 5.74) is 3.24. The predicted molar refractivity (Wildman–Crippen MR) is 83.2 cm³/mol. The zero-order valence-corrected chi connectivity index (χ0v) is 12.4. The number of hydrogen-bond donors (Lipinski definition) is 2. The lowest BCUT2D eigenvalue weighted by atomic mass is 10.1. The fourth-order valence-corrected chi connectivity index (χ4v) is 2.13. The first kappa shape index (κ1) is 14.9. The van der Waals surface area contributed by atoms with Gasteiger partial charge < -0.3 is 15.2 Å². The van der Waals surface area contributed by atoms with E-state index < -0.39 is 5.97 Å². The molecule has 110 valence electrons. The number of carboxylic acids is 1. The first-order valence-electron chi connectivity index (χ1n) is 6.75. The number of carbonyl (C=O) groups is 1. The molecule has 0 aliphatic carbocycles. The monoisotopic (exact) mass is 285 g/mol. The Kier molecular flexibility index (Phi) is 4.48. The third-order valence-electron chi connectivity index (χ3n) is 3.40. The average molecular weight is 285 g/mol. The van der Waals surface area contributed by atoms with Crippen molar-refractivity contribution in [3.8, 4) is 5.75 Å². The smallest absolute Gasteiger partial charge is 0.335 e. The summed E-state index contributed by atoms with van der Waals surface area (Å²) in [7, 11) is 1.57. The maximum Gasteiger partial charge on any atom is 0.335 e. The van der Waals surface area contributed by atoms with Crippen LogP contribution in [0.15, 0.2) is 42.5 Å². The number of nitrogens with one attached hydrogen (secondary N) is 1. The molecule has 0 heterocycles. The molecule has 0 aliphatic rings. The summed E-state index contributed by atoms with van der Waals surface area (Å²) in [5, 5.41) is 12.4. The molecule has 4 nitrogen and oxygen atoms in total. The van der Waals surface area contributed by atoms with Gasteiger partial charge in [-0.1, -0.05) is 29.8 Å². The Balaban J connectivity index is 2.26. The van der Waals surface area contributed by atoms with E-state index in [1.807, 2.05) is 13.8 Å². The zero-order chi connectivity index (χ0) is 15.4. The molecule has 0 spiro atoms. The molecule has 0 fully saturated rings. The summed E-state index contributed by atoms with van der Waals surface area (Å²) < 4.78 is 5.28. The van der Waals surface area contributed by atoms with Crippen molar-refractivity contribution >= 4 is 11.7 Å². The molecule has 2 N–H and O–H groups in total. The summed E-state index contributed by atoms with van der Waals surface area (Å²) in [6.45, 7) is 4.07. The number of anilines is 1. The highest BCUT2D eigenvalue weighted by molar-refractivity contribution is 5.89. The molecule has 0 bridgehead atoms. The van der Waals surface area contributed by atoms with E-state index >= 15 is 0 Å². The lowest BCUT2D eigenvalue weighted by molar-refractivity contribution is 0.0697. The average Bonchev–Trinajstić information content (AvgIpc) is 2.47. The van der Waals surface area contributed by atoms with Gasteiger partial charge in [0.2, 0.25) is 0 Å². The van der Waals surface area contributed by atoms with Crippen LogP contribution >= 0.6 is 0 Å². The fraction of sp³-hybridized carbons (Fsp3) is 0.235. The SMILES string of the molecule is COc1ccc(C(=O)O)cc1NC(C)c1ccc(C)cc1. The number of rotatable bonds is 5. The maximum absolute atomic E-state index is 11.1. The number of aromatic carboxylic acids is 1. The van der Waals surface area contributed by atoms with E-state index in [1.54, 1.807) is 19.2 Å². The maximum atomic E-state index is 11.1. The van der Waals surface area contributed by atoms with Crippen molar-refractivity contribution in [1.29, 1.82) is 0 Å². The summed E-state index contributed by atoms with van der Waals surface area (Å²) in [6.07, 6.45) is 0. The van der Waals surface area contributed by atoms with Crippen LogP contribution in [0.1, 0.15) is 34.5 Å². The van der Waals surface area contributed by atoms with Crippen LogP contribution in [0, 0.1) is 6.92 Å². The van der Waals surface area contributed by atoms with Gasteiger partial charge in [-0.25, -0.2) is 4.79 Å². The number of hydrogen-bond acceptors (Lipinski definition) is 3. The molecule has 0 radical (unpaired) electrons. The molecule has 2 rings (SSSR count). The van der Waals surface area contributed by atoms with Crippen molar-refractivity contribution in [3.05, 3.63) is 59.2 Å². The van der Waals surface area contributed by atoms with Crippen LogP contribution in [0.3, 0.4) is 0 Å². The molecule has 0 aromatic heterocycles. The summed E-state index contributed by atoms with van der Waals surface area (Å²) in [5.74, 6) is -0.331. The van der Waals surface area contributed by atoms with Crippen LogP contribution in [0.2, 0.25) is 0 Å². The first-order valence-corrected chi connectivity index (χ1v) is 6.75. The van der Waals surface area contributed by atoms with E-state index in [0.717, 1.165) is 5.56 Å². The Hall–Kier alpha value is -2.49.